The molecule has 0 aliphatic rings. The van der Waals surface area contributed by atoms with Crippen LogP contribution in [-0.2, 0) is 4.79 Å². The molecule has 0 bridgehead atoms. The summed E-state index contributed by atoms with van der Waals surface area (Å²) in [4.78, 5) is 23.7. The minimum absolute atomic E-state index is 0.181. The van der Waals surface area contributed by atoms with Crippen LogP contribution in [0.15, 0.2) is 36.9 Å². The molecule has 0 saturated heterocycles. The largest absolute Gasteiger partial charge is 0.349 e. The fourth-order valence-electron chi connectivity index (χ4n) is 1.59. The van der Waals surface area contributed by atoms with E-state index >= 15 is 0 Å². The lowest BCUT2D eigenvalue weighted by atomic mass is 9.87. The van der Waals surface area contributed by atoms with Crippen molar-refractivity contribution >= 4 is 17.5 Å². The third kappa shape index (κ3) is 5.04. The Kier molecular flexibility index (Phi) is 5.67. The highest BCUT2D eigenvalue weighted by atomic mass is 16.2. The van der Waals surface area contributed by atoms with E-state index < -0.39 is 6.04 Å². The molecule has 0 aliphatic carbocycles. The maximum atomic E-state index is 12.0. The van der Waals surface area contributed by atoms with Crippen LogP contribution < -0.4 is 16.4 Å². The molecule has 0 saturated carbocycles. The maximum Gasteiger partial charge on any atom is 0.251 e. The first-order chi connectivity index (χ1) is 9.75. The maximum absolute atomic E-state index is 12.0. The molecule has 114 valence electrons. The molecule has 0 aromatic heterocycles. The van der Waals surface area contributed by atoms with E-state index in [-0.39, 0.29) is 17.2 Å². The minimum atomic E-state index is -0.604. The second-order valence-corrected chi connectivity index (χ2v) is 5.91. The van der Waals surface area contributed by atoms with Crippen LogP contribution in [0.1, 0.15) is 31.1 Å². The van der Waals surface area contributed by atoms with Crippen molar-refractivity contribution in [3.63, 3.8) is 0 Å². The van der Waals surface area contributed by atoms with Gasteiger partial charge < -0.3 is 16.4 Å². The summed E-state index contributed by atoms with van der Waals surface area (Å²) < 4.78 is 0. The van der Waals surface area contributed by atoms with Crippen molar-refractivity contribution in [1.29, 1.82) is 0 Å². The Morgan fingerprint density at radius 3 is 2.33 bits per heavy atom. The van der Waals surface area contributed by atoms with Crippen LogP contribution in [0.25, 0.3) is 0 Å². The summed E-state index contributed by atoms with van der Waals surface area (Å²) in [6.45, 7) is 9.67. The Labute approximate surface area is 125 Å². The van der Waals surface area contributed by atoms with E-state index in [1.807, 2.05) is 20.8 Å². The Hall–Kier alpha value is -2.14. The minimum Gasteiger partial charge on any atom is -0.349 e. The molecule has 0 heterocycles. The van der Waals surface area contributed by atoms with E-state index in [0.29, 0.717) is 17.8 Å². The lowest BCUT2D eigenvalue weighted by Crippen LogP contribution is -2.45. The third-order valence-corrected chi connectivity index (χ3v) is 3.04. The summed E-state index contributed by atoms with van der Waals surface area (Å²) >= 11 is 0. The molecule has 1 aromatic rings. The number of benzene rings is 1. The van der Waals surface area contributed by atoms with Gasteiger partial charge >= 0.3 is 0 Å². The zero-order valence-corrected chi connectivity index (χ0v) is 12.8. The number of hydrogen-bond donors (Lipinski definition) is 3. The van der Waals surface area contributed by atoms with Crippen molar-refractivity contribution in [1.82, 2.24) is 5.32 Å². The first-order valence-corrected chi connectivity index (χ1v) is 6.81. The SMILES string of the molecule is C=CCNC(=O)c1ccc(NC(=O)[C@H](N)C(C)(C)C)cc1. The van der Waals surface area contributed by atoms with Gasteiger partial charge in [0.15, 0.2) is 0 Å². The van der Waals surface area contributed by atoms with E-state index in [1.165, 1.54) is 0 Å². The number of amides is 2. The van der Waals surface area contributed by atoms with Gasteiger partial charge in [0.25, 0.3) is 5.91 Å². The average molecular weight is 289 g/mol. The predicted molar refractivity (Wildman–Crippen MR) is 85.0 cm³/mol. The summed E-state index contributed by atoms with van der Waals surface area (Å²) in [7, 11) is 0. The molecular formula is C16H23N3O2. The lowest BCUT2D eigenvalue weighted by molar-refractivity contribution is -0.119. The van der Waals surface area contributed by atoms with Crippen LogP contribution in [0.2, 0.25) is 0 Å². The van der Waals surface area contributed by atoms with Gasteiger partial charge in [-0.05, 0) is 29.7 Å². The molecule has 0 aliphatic heterocycles. The number of carbonyl (C=O) groups is 2. The second-order valence-electron chi connectivity index (χ2n) is 5.91. The van der Waals surface area contributed by atoms with Crippen molar-refractivity contribution < 1.29 is 9.59 Å². The van der Waals surface area contributed by atoms with Crippen LogP contribution in [0.3, 0.4) is 0 Å². The van der Waals surface area contributed by atoms with Gasteiger partial charge in [-0.1, -0.05) is 26.8 Å². The van der Waals surface area contributed by atoms with Crippen molar-refractivity contribution in [2.75, 3.05) is 11.9 Å². The van der Waals surface area contributed by atoms with Crippen LogP contribution >= 0.6 is 0 Å². The van der Waals surface area contributed by atoms with Crippen LogP contribution in [0.5, 0.6) is 0 Å². The summed E-state index contributed by atoms with van der Waals surface area (Å²) in [5, 5.41) is 5.43. The van der Waals surface area contributed by atoms with Gasteiger partial charge in [-0.3, -0.25) is 9.59 Å². The highest BCUT2D eigenvalue weighted by Gasteiger charge is 2.27. The van der Waals surface area contributed by atoms with E-state index in [2.05, 4.69) is 17.2 Å². The Morgan fingerprint density at radius 2 is 1.86 bits per heavy atom. The van der Waals surface area contributed by atoms with Crippen LogP contribution in [-0.4, -0.2) is 24.4 Å². The molecule has 1 aromatic carbocycles. The third-order valence-electron chi connectivity index (χ3n) is 3.04. The van der Waals surface area contributed by atoms with Crippen molar-refractivity contribution in [3.8, 4) is 0 Å². The van der Waals surface area contributed by atoms with E-state index in [9.17, 15) is 9.59 Å². The van der Waals surface area contributed by atoms with E-state index in [0.717, 1.165) is 0 Å². The number of anilines is 1. The van der Waals surface area contributed by atoms with Gasteiger partial charge in [0, 0.05) is 17.8 Å². The Bertz CT molecular complexity index is 515. The number of hydrogen-bond acceptors (Lipinski definition) is 3. The first kappa shape index (κ1) is 16.9. The van der Waals surface area contributed by atoms with Gasteiger partial charge in [-0.25, -0.2) is 0 Å². The van der Waals surface area contributed by atoms with Crippen molar-refractivity contribution in [2.45, 2.75) is 26.8 Å². The first-order valence-electron chi connectivity index (χ1n) is 6.81. The Balaban J connectivity index is 2.69. The molecule has 1 atom stereocenters. The fourth-order valence-corrected chi connectivity index (χ4v) is 1.59. The van der Waals surface area contributed by atoms with Crippen LogP contribution in [0, 0.1) is 5.41 Å². The molecule has 0 unspecified atom stereocenters. The monoisotopic (exact) mass is 289 g/mol. The van der Waals surface area contributed by atoms with Crippen LogP contribution in [0.4, 0.5) is 5.69 Å². The van der Waals surface area contributed by atoms with E-state index in [1.54, 1.807) is 30.3 Å². The van der Waals surface area contributed by atoms with Gasteiger partial charge in [0.05, 0.1) is 6.04 Å². The lowest BCUT2D eigenvalue weighted by Gasteiger charge is -2.25. The van der Waals surface area contributed by atoms with Gasteiger partial charge in [0.2, 0.25) is 5.91 Å². The zero-order valence-electron chi connectivity index (χ0n) is 12.8. The zero-order chi connectivity index (χ0) is 16.0. The van der Waals surface area contributed by atoms with Crippen molar-refractivity contribution in [3.05, 3.63) is 42.5 Å². The summed E-state index contributed by atoms with van der Waals surface area (Å²) in [5.74, 6) is -0.425. The molecule has 4 N–H and O–H groups in total. The predicted octanol–water partition coefficient (Wildman–Crippen LogP) is 1.91. The molecule has 21 heavy (non-hydrogen) atoms. The molecule has 2 amide bonds. The van der Waals surface area contributed by atoms with Crippen molar-refractivity contribution in [2.24, 2.45) is 11.1 Å². The number of nitrogens with one attached hydrogen (secondary N) is 2. The number of nitrogens with two attached hydrogens (primary N) is 1. The van der Waals surface area contributed by atoms with E-state index in [4.69, 9.17) is 5.73 Å². The molecular weight excluding hydrogens is 266 g/mol. The normalized spacial score (nSPS) is 12.4. The average Bonchev–Trinajstić information content (AvgIpc) is 2.43. The molecule has 0 spiro atoms. The van der Waals surface area contributed by atoms with Gasteiger partial charge in [-0.15, -0.1) is 6.58 Å². The molecule has 1 rings (SSSR count). The molecule has 5 nitrogen and oxygen atoms in total. The standard InChI is InChI=1S/C16H23N3O2/c1-5-10-18-14(20)11-6-8-12(9-7-11)19-15(21)13(17)16(2,3)4/h5-9,13H,1,10,17H2,2-4H3,(H,18,20)(H,19,21)/t13-/m0/s1. The highest BCUT2D eigenvalue weighted by Crippen LogP contribution is 2.19. The topological polar surface area (TPSA) is 84.2 Å². The molecule has 5 heteroatoms. The Morgan fingerprint density at radius 1 is 1.29 bits per heavy atom. The second kappa shape index (κ2) is 7.04. The smallest absolute Gasteiger partial charge is 0.251 e. The molecule has 0 radical (unpaired) electrons. The molecule has 0 fully saturated rings. The quantitative estimate of drug-likeness (QED) is 0.724. The van der Waals surface area contributed by atoms with Gasteiger partial charge in [-0.2, -0.15) is 0 Å². The fraction of sp³-hybridized carbons (Fsp3) is 0.375. The summed E-state index contributed by atoms with van der Waals surface area (Å²) in [6.07, 6.45) is 1.61. The van der Waals surface area contributed by atoms with Gasteiger partial charge in [0.1, 0.15) is 0 Å². The highest BCUT2D eigenvalue weighted by molar-refractivity contribution is 5.97. The number of rotatable bonds is 5. The summed E-state index contributed by atoms with van der Waals surface area (Å²) in [6, 6.07) is 6.05. The summed E-state index contributed by atoms with van der Waals surface area (Å²) in [5.41, 5.74) is 6.71. The number of carbonyl (C=O) groups excluding carboxylic acids is 2.